The summed E-state index contributed by atoms with van der Waals surface area (Å²) in [5.41, 5.74) is 0. The SMILES string of the molecule is [2H]C1([2H])NC([2H])([2H])C([2H])(C)NC1([2H])C. The lowest BCUT2D eigenvalue weighted by Gasteiger charge is -2.26. The Balaban J connectivity index is 3.07. The Kier molecular flexibility index (Phi) is 0.603. The summed E-state index contributed by atoms with van der Waals surface area (Å²) in [4.78, 5) is 0. The number of hydrogen-bond donors (Lipinski definition) is 2. The molecule has 0 aliphatic carbocycles. The van der Waals surface area contributed by atoms with Gasteiger partial charge in [0.25, 0.3) is 0 Å². The Bertz CT molecular complexity index is 199. The van der Waals surface area contributed by atoms with E-state index in [9.17, 15) is 0 Å². The molecule has 8 heavy (non-hydrogen) atoms. The van der Waals surface area contributed by atoms with Crippen LogP contribution in [-0.2, 0) is 0 Å². The lowest BCUT2D eigenvalue weighted by Crippen LogP contribution is -2.52. The molecule has 2 atom stereocenters. The van der Waals surface area contributed by atoms with Gasteiger partial charge < -0.3 is 10.6 Å². The molecule has 0 saturated carbocycles. The molecule has 2 nitrogen and oxygen atoms in total. The lowest BCUT2D eigenvalue weighted by atomic mass is 10.2. The number of rotatable bonds is 0. The van der Waals surface area contributed by atoms with Crippen LogP contribution in [0.2, 0.25) is 0 Å². The van der Waals surface area contributed by atoms with Gasteiger partial charge in [-0.2, -0.15) is 0 Å². The van der Waals surface area contributed by atoms with E-state index in [1.165, 1.54) is 13.8 Å². The second-order valence-electron chi connectivity index (χ2n) is 1.75. The summed E-state index contributed by atoms with van der Waals surface area (Å²) in [7, 11) is 0. The van der Waals surface area contributed by atoms with Crippen molar-refractivity contribution in [1.29, 1.82) is 0 Å². The fraction of sp³-hybridized carbons (Fsp3) is 1.00. The normalized spacial score (nSPS) is 81.8. The Hall–Kier alpha value is -0.0800. The first-order valence-corrected chi connectivity index (χ1v) is 2.50. The maximum atomic E-state index is 7.63. The molecule has 1 aliphatic rings. The molecule has 1 rings (SSSR count). The highest BCUT2D eigenvalue weighted by atomic mass is 15.1. The van der Waals surface area contributed by atoms with Gasteiger partial charge in [0.15, 0.2) is 0 Å². The van der Waals surface area contributed by atoms with Crippen LogP contribution >= 0.6 is 0 Å². The van der Waals surface area contributed by atoms with Crippen LogP contribution < -0.4 is 10.6 Å². The van der Waals surface area contributed by atoms with Crippen LogP contribution in [0.3, 0.4) is 0 Å². The molecular weight excluding hydrogens is 100 g/mol. The van der Waals surface area contributed by atoms with E-state index in [1.807, 2.05) is 5.32 Å². The topological polar surface area (TPSA) is 24.1 Å². The number of hydrogen-bond acceptors (Lipinski definition) is 2. The lowest BCUT2D eigenvalue weighted by molar-refractivity contribution is 0.370. The van der Waals surface area contributed by atoms with Crippen LogP contribution in [0.4, 0.5) is 0 Å². The zero-order valence-electron chi connectivity index (χ0n) is 11.0. The second kappa shape index (κ2) is 2.46. The van der Waals surface area contributed by atoms with Gasteiger partial charge in [0.05, 0.1) is 0 Å². The van der Waals surface area contributed by atoms with Crippen molar-refractivity contribution >= 4 is 0 Å². The Morgan fingerprint density at radius 3 is 2.38 bits per heavy atom. The smallest absolute Gasteiger partial charge is 0.0475 e. The Labute approximate surface area is 59.1 Å². The fourth-order valence-corrected chi connectivity index (χ4v) is 0.562. The van der Waals surface area contributed by atoms with E-state index in [-0.39, 0.29) is 0 Å². The van der Waals surface area contributed by atoms with Crippen molar-refractivity contribution in [2.75, 3.05) is 13.0 Å². The van der Waals surface area contributed by atoms with Crippen molar-refractivity contribution in [3.8, 4) is 0 Å². The number of piperazine rings is 1. The van der Waals surface area contributed by atoms with E-state index in [1.54, 1.807) is 0 Å². The zero-order valence-corrected chi connectivity index (χ0v) is 5.00. The van der Waals surface area contributed by atoms with Crippen molar-refractivity contribution in [3.63, 3.8) is 0 Å². The first-order valence-electron chi connectivity index (χ1n) is 5.50. The molecule has 48 valence electrons. The molecule has 1 saturated heterocycles. The van der Waals surface area contributed by atoms with E-state index in [2.05, 4.69) is 5.32 Å². The maximum absolute atomic E-state index is 7.63. The molecule has 1 heterocycles. The second-order valence-corrected chi connectivity index (χ2v) is 1.75. The Morgan fingerprint density at radius 2 is 2.00 bits per heavy atom. The van der Waals surface area contributed by atoms with E-state index in [0.29, 0.717) is 0 Å². The van der Waals surface area contributed by atoms with Crippen LogP contribution in [0.15, 0.2) is 0 Å². The molecule has 1 fully saturated rings. The summed E-state index contributed by atoms with van der Waals surface area (Å²) in [6.45, 7) is -1.92. The van der Waals surface area contributed by atoms with Crippen LogP contribution in [0, 0.1) is 0 Å². The van der Waals surface area contributed by atoms with Gasteiger partial charge in [-0.1, -0.05) is 0 Å². The molecule has 1 aliphatic heterocycles. The molecule has 0 aromatic heterocycles. The molecule has 2 heteroatoms. The van der Waals surface area contributed by atoms with Gasteiger partial charge in [0, 0.05) is 33.3 Å². The predicted molar refractivity (Wildman–Crippen MR) is 34.9 cm³/mol. The van der Waals surface area contributed by atoms with Gasteiger partial charge in [-0.05, 0) is 13.8 Å². The highest BCUT2D eigenvalue weighted by Crippen LogP contribution is 1.90. The third-order valence-electron chi connectivity index (χ3n) is 0.875. The molecule has 0 bridgehead atoms. The standard InChI is InChI=1S/C6H14N2/c1-5-3-7-4-6(2)8-5/h5-8H,3-4H2,1-2H3/i3D2,4D2,5D,6D. The molecule has 2 unspecified atom stereocenters. The van der Waals surface area contributed by atoms with Crippen LogP contribution in [0.25, 0.3) is 0 Å². The average molecular weight is 120 g/mol. The third kappa shape index (κ3) is 1.46. The summed E-state index contributed by atoms with van der Waals surface area (Å²) in [5.74, 6) is 0. The summed E-state index contributed by atoms with van der Waals surface area (Å²) < 4.78 is 45.0. The average Bonchev–Trinajstić information content (AvgIpc) is 1.78. The fourth-order valence-electron chi connectivity index (χ4n) is 0.562. The number of nitrogens with one attached hydrogen (secondary N) is 2. The van der Waals surface area contributed by atoms with Crippen molar-refractivity contribution in [2.45, 2.75) is 25.9 Å². The van der Waals surface area contributed by atoms with Crippen LogP contribution in [-0.4, -0.2) is 25.0 Å². The third-order valence-corrected chi connectivity index (χ3v) is 0.875. The first-order chi connectivity index (χ1) is 5.91. The molecule has 2 N–H and O–H groups in total. The predicted octanol–water partition coefficient (Wildman–Crippen LogP) is -0.0438. The minimum atomic E-state index is -2.23. The summed E-state index contributed by atoms with van der Waals surface area (Å²) in [6.07, 6.45) is 0. The quantitative estimate of drug-likeness (QED) is 0.468. The largest absolute Gasteiger partial charge is 0.314 e. The first kappa shape index (κ1) is 1.96. The molecule has 0 aromatic carbocycles. The van der Waals surface area contributed by atoms with Gasteiger partial charge in [0.1, 0.15) is 0 Å². The molecular formula is C6H14N2. The van der Waals surface area contributed by atoms with Gasteiger partial charge in [-0.15, -0.1) is 0 Å². The van der Waals surface area contributed by atoms with Crippen molar-refractivity contribution in [1.82, 2.24) is 10.6 Å². The van der Waals surface area contributed by atoms with Crippen molar-refractivity contribution < 1.29 is 8.22 Å². The summed E-state index contributed by atoms with van der Waals surface area (Å²) in [5, 5.41) is 4.38. The van der Waals surface area contributed by atoms with Crippen molar-refractivity contribution in [3.05, 3.63) is 0 Å². The van der Waals surface area contributed by atoms with Crippen LogP contribution in [0.5, 0.6) is 0 Å². The molecule has 0 radical (unpaired) electrons. The highest BCUT2D eigenvalue weighted by molar-refractivity contribution is 4.76. The maximum Gasteiger partial charge on any atom is 0.0475 e. The van der Waals surface area contributed by atoms with Gasteiger partial charge in [0.2, 0.25) is 0 Å². The molecule has 0 aromatic rings. The van der Waals surface area contributed by atoms with E-state index in [4.69, 9.17) is 8.22 Å². The van der Waals surface area contributed by atoms with E-state index < -0.39 is 25.0 Å². The monoisotopic (exact) mass is 120 g/mol. The minimum absolute atomic E-state index is 1.27. The van der Waals surface area contributed by atoms with E-state index in [0.717, 1.165) is 0 Å². The van der Waals surface area contributed by atoms with E-state index >= 15 is 0 Å². The Morgan fingerprint density at radius 1 is 1.50 bits per heavy atom. The molecule has 0 amide bonds. The highest BCUT2D eigenvalue weighted by Gasteiger charge is 2.11. The van der Waals surface area contributed by atoms with Gasteiger partial charge in [-0.25, -0.2) is 0 Å². The zero-order chi connectivity index (χ0) is 11.4. The summed E-state index contributed by atoms with van der Waals surface area (Å²) in [6, 6.07) is -3.48. The minimum Gasteiger partial charge on any atom is -0.314 e. The van der Waals surface area contributed by atoms with Gasteiger partial charge in [-0.3, -0.25) is 0 Å². The van der Waals surface area contributed by atoms with Gasteiger partial charge >= 0.3 is 0 Å². The van der Waals surface area contributed by atoms with Crippen molar-refractivity contribution in [2.24, 2.45) is 0 Å². The molecule has 0 spiro atoms. The summed E-state index contributed by atoms with van der Waals surface area (Å²) >= 11 is 0. The van der Waals surface area contributed by atoms with Crippen LogP contribution in [0.1, 0.15) is 22.1 Å².